The van der Waals surface area contributed by atoms with Gasteiger partial charge < -0.3 is 9.80 Å². The average Bonchev–Trinajstić information content (AvgIpc) is 2.83. The SMILES string of the molecule is CC/C=C(C)\C=C/C(C)N(CCN(c1ccc(C)cc1)c1ccc(C)cc1)c1ccc(C)cc1. The maximum atomic E-state index is 2.50. The van der Waals surface area contributed by atoms with Crippen LogP contribution in [0.4, 0.5) is 17.1 Å². The van der Waals surface area contributed by atoms with E-state index in [0.29, 0.717) is 0 Å². The number of aryl methyl sites for hydroxylation is 3. The highest BCUT2D eigenvalue weighted by atomic mass is 15.2. The normalized spacial score (nSPS) is 12.7. The van der Waals surface area contributed by atoms with E-state index in [2.05, 4.69) is 142 Å². The molecule has 0 bridgehead atoms. The van der Waals surface area contributed by atoms with Crippen molar-refractivity contribution < 1.29 is 0 Å². The average molecular weight is 453 g/mol. The van der Waals surface area contributed by atoms with Crippen LogP contribution in [0.15, 0.2) is 96.6 Å². The van der Waals surface area contributed by atoms with Crippen LogP contribution in [0.1, 0.15) is 43.9 Å². The Balaban J connectivity index is 1.90. The third-order valence-corrected chi connectivity index (χ3v) is 6.28. The predicted molar refractivity (Wildman–Crippen MR) is 151 cm³/mol. The molecule has 0 heterocycles. The highest BCUT2D eigenvalue weighted by Crippen LogP contribution is 2.27. The molecule has 2 nitrogen and oxygen atoms in total. The molecule has 0 aliphatic heterocycles. The van der Waals surface area contributed by atoms with Gasteiger partial charge in [0.2, 0.25) is 0 Å². The van der Waals surface area contributed by atoms with Crippen molar-refractivity contribution in [3.8, 4) is 0 Å². The van der Waals surface area contributed by atoms with Gasteiger partial charge in [0.15, 0.2) is 0 Å². The third kappa shape index (κ3) is 7.12. The smallest absolute Gasteiger partial charge is 0.0448 e. The molecule has 2 heteroatoms. The van der Waals surface area contributed by atoms with Gasteiger partial charge >= 0.3 is 0 Å². The highest BCUT2D eigenvalue weighted by molar-refractivity contribution is 5.64. The molecule has 0 N–H and O–H groups in total. The molecular weight excluding hydrogens is 412 g/mol. The number of rotatable bonds is 10. The summed E-state index contributed by atoms with van der Waals surface area (Å²) in [5.41, 5.74) is 8.87. The zero-order chi connectivity index (χ0) is 24.5. The standard InChI is InChI=1S/C32H40N2/c1-7-8-25(2)9-16-29(6)33(30-17-10-26(3)11-18-30)23-24-34(31-19-12-27(4)13-20-31)32-21-14-28(5)15-22-32/h8-22,29H,7,23-24H2,1-6H3/b16-9-,25-8-. The van der Waals surface area contributed by atoms with Crippen LogP contribution in [0.25, 0.3) is 0 Å². The van der Waals surface area contributed by atoms with Crippen molar-refractivity contribution in [1.29, 1.82) is 0 Å². The molecule has 3 aromatic rings. The molecule has 178 valence electrons. The number of anilines is 3. The molecule has 0 fully saturated rings. The fourth-order valence-corrected chi connectivity index (χ4v) is 4.15. The van der Waals surface area contributed by atoms with Gasteiger partial charge in [0.25, 0.3) is 0 Å². The third-order valence-electron chi connectivity index (χ3n) is 6.28. The fourth-order valence-electron chi connectivity index (χ4n) is 4.15. The molecule has 0 saturated carbocycles. The van der Waals surface area contributed by atoms with Crippen molar-refractivity contribution in [3.63, 3.8) is 0 Å². The summed E-state index contributed by atoms with van der Waals surface area (Å²) in [4.78, 5) is 4.93. The van der Waals surface area contributed by atoms with Crippen LogP contribution in [-0.2, 0) is 0 Å². The lowest BCUT2D eigenvalue weighted by molar-refractivity contribution is 0.723. The summed E-state index contributed by atoms with van der Waals surface area (Å²) >= 11 is 0. The van der Waals surface area contributed by atoms with E-state index in [0.717, 1.165) is 19.5 Å². The van der Waals surface area contributed by atoms with E-state index in [1.165, 1.54) is 39.3 Å². The molecule has 0 aliphatic carbocycles. The highest BCUT2D eigenvalue weighted by Gasteiger charge is 2.16. The first-order valence-corrected chi connectivity index (χ1v) is 12.5. The van der Waals surface area contributed by atoms with Crippen molar-refractivity contribution in [3.05, 3.63) is 113 Å². The van der Waals surface area contributed by atoms with Gasteiger partial charge in [-0.05, 0) is 77.4 Å². The minimum Gasteiger partial charge on any atom is -0.364 e. The fraction of sp³-hybridized carbons (Fsp3) is 0.312. The Kier molecular flexibility index (Phi) is 9.16. The van der Waals surface area contributed by atoms with Crippen LogP contribution >= 0.6 is 0 Å². The molecule has 3 rings (SSSR count). The van der Waals surface area contributed by atoms with E-state index >= 15 is 0 Å². The van der Waals surface area contributed by atoms with Crippen molar-refractivity contribution in [2.75, 3.05) is 22.9 Å². The molecule has 0 saturated heterocycles. The van der Waals surface area contributed by atoms with Gasteiger partial charge in [-0.1, -0.05) is 83.8 Å². The molecule has 0 spiro atoms. The maximum absolute atomic E-state index is 2.50. The van der Waals surface area contributed by atoms with E-state index in [1.807, 2.05) is 0 Å². The Bertz CT molecular complexity index is 1030. The van der Waals surface area contributed by atoms with Crippen molar-refractivity contribution in [2.24, 2.45) is 0 Å². The summed E-state index contributed by atoms with van der Waals surface area (Å²) in [5.74, 6) is 0. The van der Waals surface area contributed by atoms with Gasteiger partial charge in [-0.3, -0.25) is 0 Å². The summed E-state index contributed by atoms with van der Waals surface area (Å²) in [6, 6.07) is 26.9. The number of hydrogen-bond acceptors (Lipinski definition) is 2. The number of hydrogen-bond donors (Lipinski definition) is 0. The van der Waals surface area contributed by atoms with Crippen LogP contribution in [-0.4, -0.2) is 19.1 Å². The predicted octanol–water partition coefficient (Wildman–Crippen LogP) is 8.56. The molecule has 1 unspecified atom stereocenters. The second kappa shape index (κ2) is 12.3. The second-order valence-electron chi connectivity index (χ2n) is 9.31. The van der Waals surface area contributed by atoms with E-state index in [-0.39, 0.29) is 6.04 Å². The molecule has 34 heavy (non-hydrogen) atoms. The number of benzene rings is 3. The van der Waals surface area contributed by atoms with Gasteiger partial charge in [0, 0.05) is 36.2 Å². The summed E-state index contributed by atoms with van der Waals surface area (Å²) in [5, 5.41) is 0. The quantitative estimate of drug-likeness (QED) is 0.284. The van der Waals surface area contributed by atoms with Gasteiger partial charge in [0.05, 0.1) is 0 Å². The molecule has 0 aliphatic rings. The van der Waals surface area contributed by atoms with E-state index < -0.39 is 0 Å². The van der Waals surface area contributed by atoms with Crippen molar-refractivity contribution >= 4 is 17.1 Å². The summed E-state index contributed by atoms with van der Waals surface area (Å²) in [7, 11) is 0. The van der Waals surface area contributed by atoms with Gasteiger partial charge in [0.1, 0.15) is 0 Å². The van der Waals surface area contributed by atoms with Crippen molar-refractivity contribution in [1.82, 2.24) is 0 Å². The molecule has 0 aromatic heterocycles. The number of nitrogens with zero attached hydrogens (tertiary/aromatic N) is 2. The Morgan fingerprint density at radius 2 is 1.15 bits per heavy atom. The summed E-state index contributed by atoms with van der Waals surface area (Å²) in [6.07, 6.45) is 7.92. The van der Waals surface area contributed by atoms with Crippen LogP contribution in [0.3, 0.4) is 0 Å². The lowest BCUT2D eigenvalue weighted by Gasteiger charge is -2.34. The molecular formula is C32H40N2. The number of allylic oxidation sites excluding steroid dienone is 3. The first-order chi connectivity index (χ1) is 16.4. The second-order valence-corrected chi connectivity index (χ2v) is 9.31. The minimum atomic E-state index is 0.279. The monoisotopic (exact) mass is 452 g/mol. The lowest BCUT2D eigenvalue weighted by atomic mass is 10.1. The Morgan fingerprint density at radius 1 is 0.706 bits per heavy atom. The molecule has 0 radical (unpaired) electrons. The maximum Gasteiger partial charge on any atom is 0.0448 e. The topological polar surface area (TPSA) is 6.48 Å². The van der Waals surface area contributed by atoms with Gasteiger partial charge in [-0.15, -0.1) is 0 Å². The zero-order valence-electron chi connectivity index (χ0n) is 21.8. The molecule has 3 aromatic carbocycles. The molecule has 1 atom stereocenters. The summed E-state index contributed by atoms with van der Waals surface area (Å²) < 4.78 is 0. The van der Waals surface area contributed by atoms with Crippen LogP contribution < -0.4 is 9.80 Å². The van der Waals surface area contributed by atoms with Gasteiger partial charge in [-0.25, -0.2) is 0 Å². The minimum absolute atomic E-state index is 0.279. The lowest BCUT2D eigenvalue weighted by Crippen LogP contribution is -2.38. The summed E-state index contributed by atoms with van der Waals surface area (Å²) in [6.45, 7) is 14.9. The van der Waals surface area contributed by atoms with Crippen LogP contribution in [0.5, 0.6) is 0 Å². The van der Waals surface area contributed by atoms with E-state index in [4.69, 9.17) is 0 Å². The van der Waals surface area contributed by atoms with Crippen LogP contribution in [0, 0.1) is 20.8 Å². The van der Waals surface area contributed by atoms with E-state index in [9.17, 15) is 0 Å². The first kappa shape index (κ1) is 25.4. The Morgan fingerprint density at radius 3 is 1.59 bits per heavy atom. The first-order valence-electron chi connectivity index (χ1n) is 12.5. The van der Waals surface area contributed by atoms with E-state index in [1.54, 1.807) is 0 Å². The Labute approximate surface area is 207 Å². The van der Waals surface area contributed by atoms with Gasteiger partial charge in [-0.2, -0.15) is 0 Å². The van der Waals surface area contributed by atoms with Crippen molar-refractivity contribution in [2.45, 2.75) is 54.0 Å². The zero-order valence-corrected chi connectivity index (χ0v) is 21.8. The van der Waals surface area contributed by atoms with Crippen LogP contribution in [0.2, 0.25) is 0 Å². The molecule has 0 amide bonds. The Hall–Kier alpha value is -3.26. The largest absolute Gasteiger partial charge is 0.364 e.